The first-order chi connectivity index (χ1) is 9.77. The van der Waals surface area contributed by atoms with Crippen molar-refractivity contribution in [3.63, 3.8) is 0 Å². The maximum Gasteiger partial charge on any atom is 0.318 e. The molecule has 0 aliphatic rings. The van der Waals surface area contributed by atoms with E-state index in [-0.39, 0.29) is 17.3 Å². The number of aliphatic carboxylic acids is 1. The lowest BCUT2D eigenvalue weighted by Gasteiger charge is -1.98. The van der Waals surface area contributed by atoms with E-state index < -0.39 is 33.1 Å². The average Bonchev–Trinajstić information content (AvgIpc) is 2.68. The molecule has 0 atom stereocenters. The molecule has 0 aliphatic carbocycles. The molecule has 0 unspecified atom stereocenters. The first kappa shape index (κ1) is 15.2. The van der Waals surface area contributed by atoms with Crippen LogP contribution in [0.4, 0.5) is 4.39 Å². The Kier molecular flexibility index (Phi) is 4.08. The number of hydrogen-bond acceptors (Lipinski definition) is 5. The number of benzene rings is 1. The number of aryl methyl sites for hydroxylation is 1. The summed E-state index contributed by atoms with van der Waals surface area (Å²) >= 11 is 0. The lowest BCUT2D eigenvalue weighted by atomic mass is 10.2. The van der Waals surface area contributed by atoms with E-state index in [0.717, 1.165) is 0 Å². The molecule has 1 aromatic carbocycles. The van der Waals surface area contributed by atoms with Gasteiger partial charge in [0.15, 0.2) is 9.84 Å². The van der Waals surface area contributed by atoms with Crippen molar-refractivity contribution >= 4 is 15.8 Å². The molecule has 112 valence electrons. The molecule has 0 amide bonds. The van der Waals surface area contributed by atoms with Crippen molar-refractivity contribution < 1.29 is 27.1 Å². The summed E-state index contributed by atoms with van der Waals surface area (Å²) in [6, 6.07) is 5.52. The van der Waals surface area contributed by atoms with Gasteiger partial charge in [0.2, 0.25) is 5.89 Å². The Bertz CT molecular complexity index is 782. The number of carboxylic acid groups (broad SMARTS) is 1. The predicted octanol–water partition coefficient (Wildman–Crippen LogP) is 1.79. The van der Waals surface area contributed by atoms with Crippen LogP contribution in [0.25, 0.3) is 11.5 Å². The Morgan fingerprint density at radius 3 is 2.76 bits per heavy atom. The van der Waals surface area contributed by atoms with Crippen LogP contribution >= 0.6 is 0 Å². The van der Waals surface area contributed by atoms with Gasteiger partial charge in [0.25, 0.3) is 0 Å². The number of oxazole rings is 1. The quantitative estimate of drug-likeness (QED) is 0.903. The van der Waals surface area contributed by atoms with E-state index in [9.17, 15) is 17.6 Å². The van der Waals surface area contributed by atoms with Crippen LogP contribution < -0.4 is 0 Å². The van der Waals surface area contributed by atoms with Gasteiger partial charge in [-0.2, -0.15) is 0 Å². The van der Waals surface area contributed by atoms with Gasteiger partial charge in [-0.15, -0.1) is 0 Å². The van der Waals surface area contributed by atoms with Gasteiger partial charge in [0.05, 0.1) is 11.4 Å². The van der Waals surface area contributed by atoms with Crippen molar-refractivity contribution in [2.45, 2.75) is 12.7 Å². The average molecular weight is 313 g/mol. The minimum absolute atomic E-state index is 0.0903. The molecule has 1 N–H and O–H groups in total. The number of carbonyl (C=O) groups is 1. The van der Waals surface area contributed by atoms with Crippen molar-refractivity contribution in [2.75, 3.05) is 5.75 Å². The topological polar surface area (TPSA) is 97.5 Å². The van der Waals surface area contributed by atoms with Gasteiger partial charge in [0, 0.05) is 5.56 Å². The monoisotopic (exact) mass is 313 g/mol. The molecule has 8 heteroatoms. The number of carboxylic acids is 1. The molecule has 2 aromatic rings. The molecule has 1 heterocycles. The van der Waals surface area contributed by atoms with E-state index >= 15 is 0 Å². The van der Waals surface area contributed by atoms with E-state index in [1.165, 1.54) is 25.1 Å². The minimum atomic E-state index is -3.83. The lowest BCUT2D eigenvalue weighted by Crippen LogP contribution is -2.17. The zero-order valence-corrected chi connectivity index (χ0v) is 11.9. The molecule has 0 radical (unpaired) electrons. The van der Waals surface area contributed by atoms with Crippen LogP contribution in [0, 0.1) is 12.7 Å². The number of rotatable bonds is 5. The first-order valence-corrected chi connectivity index (χ1v) is 7.73. The second kappa shape index (κ2) is 5.65. The second-order valence-electron chi connectivity index (χ2n) is 4.46. The van der Waals surface area contributed by atoms with Crippen LogP contribution in [0.1, 0.15) is 11.5 Å². The van der Waals surface area contributed by atoms with Crippen LogP contribution in [0.2, 0.25) is 0 Å². The Hall–Kier alpha value is -2.22. The smallest absolute Gasteiger partial charge is 0.318 e. The standard InChI is InChI=1S/C13H12FNO5S/c1-8-11(6-21(18,19)7-12(16)17)15-13(20-8)9-3-2-4-10(14)5-9/h2-5H,6-7H2,1H3,(H,16,17). The Morgan fingerprint density at radius 2 is 2.14 bits per heavy atom. The number of hydrogen-bond donors (Lipinski definition) is 1. The summed E-state index contributed by atoms with van der Waals surface area (Å²) < 4.78 is 41.7. The van der Waals surface area contributed by atoms with E-state index in [0.29, 0.717) is 5.56 Å². The molecule has 0 spiro atoms. The maximum atomic E-state index is 13.1. The number of halogens is 1. The van der Waals surface area contributed by atoms with E-state index in [2.05, 4.69) is 4.98 Å². The van der Waals surface area contributed by atoms with Gasteiger partial charge in [0.1, 0.15) is 17.3 Å². The van der Waals surface area contributed by atoms with Crippen LogP contribution in [0.5, 0.6) is 0 Å². The Morgan fingerprint density at radius 1 is 1.43 bits per heavy atom. The molecule has 0 saturated heterocycles. The fraction of sp³-hybridized carbons (Fsp3) is 0.231. The van der Waals surface area contributed by atoms with Gasteiger partial charge >= 0.3 is 5.97 Å². The molecule has 0 aliphatic heterocycles. The fourth-order valence-electron chi connectivity index (χ4n) is 1.75. The molecule has 21 heavy (non-hydrogen) atoms. The minimum Gasteiger partial charge on any atom is -0.480 e. The molecular formula is C13H12FNO5S. The summed E-state index contributed by atoms with van der Waals surface area (Å²) in [5.74, 6) is -3.07. The van der Waals surface area contributed by atoms with Crippen LogP contribution in [0.15, 0.2) is 28.7 Å². The normalized spacial score (nSPS) is 11.5. The van der Waals surface area contributed by atoms with Crippen molar-refractivity contribution in [3.8, 4) is 11.5 Å². The van der Waals surface area contributed by atoms with Gasteiger partial charge in [-0.25, -0.2) is 17.8 Å². The Balaban J connectivity index is 2.30. The van der Waals surface area contributed by atoms with Crippen LogP contribution in [-0.4, -0.2) is 30.2 Å². The largest absolute Gasteiger partial charge is 0.480 e. The Labute approximate surface area is 120 Å². The highest BCUT2D eigenvalue weighted by Crippen LogP contribution is 2.23. The SMILES string of the molecule is Cc1oc(-c2cccc(F)c2)nc1CS(=O)(=O)CC(=O)O. The summed E-state index contributed by atoms with van der Waals surface area (Å²) in [7, 11) is -3.83. The number of nitrogens with zero attached hydrogens (tertiary/aromatic N) is 1. The molecule has 0 fully saturated rings. The van der Waals surface area contributed by atoms with Gasteiger partial charge in [-0.05, 0) is 25.1 Å². The zero-order chi connectivity index (χ0) is 15.6. The van der Waals surface area contributed by atoms with Gasteiger partial charge < -0.3 is 9.52 Å². The third kappa shape index (κ3) is 3.88. The van der Waals surface area contributed by atoms with E-state index in [4.69, 9.17) is 9.52 Å². The third-order valence-electron chi connectivity index (χ3n) is 2.66. The molecule has 0 bridgehead atoms. The molecular weight excluding hydrogens is 301 g/mol. The second-order valence-corrected chi connectivity index (χ2v) is 6.52. The molecule has 2 rings (SSSR count). The van der Waals surface area contributed by atoms with Gasteiger partial charge in [-0.3, -0.25) is 4.79 Å². The van der Waals surface area contributed by atoms with E-state index in [1.807, 2.05) is 0 Å². The summed E-state index contributed by atoms with van der Waals surface area (Å²) in [5.41, 5.74) is 0.496. The maximum absolute atomic E-state index is 13.1. The number of aromatic nitrogens is 1. The van der Waals surface area contributed by atoms with E-state index in [1.54, 1.807) is 6.07 Å². The molecule has 6 nitrogen and oxygen atoms in total. The predicted molar refractivity (Wildman–Crippen MR) is 71.8 cm³/mol. The molecule has 1 aromatic heterocycles. The summed E-state index contributed by atoms with van der Waals surface area (Å²) in [6.45, 7) is 1.52. The molecule has 0 saturated carbocycles. The van der Waals surface area contributed by atoms with Crippen molar-refractivity contribution in [2.24, 2.45) is 0 Å². The van der Waals surface area contributed by atoms with Crippen molar-refractivity contribution in [1.29, 1.82) is 0 Å². The summed E-state index contributed by atoms with van der Waals surface area (Å²) in [6.07, 6.45) is 0. The lowest BCUT2D eigenvalue weighted by molar-refractivity contribution is -0.134. The van der Waals surface area contributed by atoms with Crippen molar-refractivity contribution in [3.05, 3.63) is 41.5 Å². The number of sulfone groups is 1. The summed E-state index contributed by atoms with van der Waals surface area (Å²) in [5, 5.41) is 8.55. The zero-order valence-electron chi connectivity index (χ0n) is 11.0. The van der Waals surface area contributed by atoms with Crippen LogP contribution in [-0.2, 0) is 20.4 Å². The third-order valence-corrected chi connectivity index (χ3v) is 4.06. The summed E-state index contributed by atoms with van der Waals surface area (Å²) in [4.78, 5) is 14.5. The highest BCUT2D eigenvalue weighted by atomic mass is 32.2. The van der Waals surface area contributed by atoms with Gasteiger partial charge in [-0.1, -0.05) is 6.07 Å². The highest BCUT2D eigenvalue weighted by molar-refractivity contribution is 7.91. The highest BCUT2D eigenvalue weighted by Gasteiger charge is 2.21. The van der Waals surface area contributed by atoms with Crippen LogP contribution in [0.3, 0.4) is 0 Å². The fourth-order valence-corrected chi connectivity index (χ4v) is 2.92. The van der Waals surface area contributed by atoms with Crippen molar-refractivity contribution in [1.82, 2.24) is 4.98 Å². The first-order valence-electron chi connectivity index (χ1n) is 5.91.